The Balaban J connectivity index is 1.55. The summed E-state index contributed by atoms with van der Waals surface area (Å²) in [7, 11) is 0. The first-order chi connectivity index (χ1) is 16.2. The lowest BCUT2D eigenvalue weighted by atomic mass is 9.97. The van der Waals surface area contributed by atoms with Crippen LogP contribution in [0, 0.1) is 0 Å². The lowest BCUT2D eigenvalue weighted by Gasteiger charge is -2.10. The fourth-order valence-electron chi connectivity index (χ4n) is 4.16. The van der Waals surface area contributed by atoms with E-state index in [-0.39, 0.29) is 11.3 Å². The molecule has 1 aromatic heterocycles. The van der Waals surface area contributed by atoms with E-state index in [2.05, 4.69) is 33.8 Å². The Hall–Kier alpha value is -4.32. The predicted molar refractivity (Wildman–Crippen MR) is 133 cm³/mol. The zero-order chi connectivity index (χ0) is 22.8. The Bertz CT molecular complexity index is 1550. The molecule has 162 valence electrons. The lowest BCUT2D eigenvalue weighted by molar-refractivity contribution is 0.0949. The van der Waals surface area contributed by atoms with Crippen LogP contribution < -0.4 is 11.0 Å². The Kier molecular flexibility index (Phi) is 5.40. The van der Waals surface area contributed by atoms with E-state index in [1.807, 2.05) is 43.3 Å². The summed E-state index contributed by atoms with van der Waals surface area (Å²) < 4.78 is 1.35. The number of carbonyl (C=O) groups excluding carboxylic acids is 1. The standard InChI is InChI=1S/C27H22N4O2/c1-2-15-31-27(33)23-14-8-7-13-22(23)25(30-31)26(32)29-28-17-24-20-11-5-3-9-18(20)16-19-10-4-6-12-21(19)24/h3-14,16-17H,2,15H2,1H3,(H,29,32)/b28-17+. The zero-order valence-electron chi connectivity index (χ0n) is 18.2. The number of nitrogens with one attached hydrogen (secondary N) is 1. The highest BCUT2D eigenvalue weighted by Gasteiger charge is 2.16. The molecule has 0 saturated carbocycles. The molecule has 1 heterocycles. The summed E-state index contributed by atoms with van der Waals surface area (Å²) in [5.74, 6) is -0.461. The summed E-state index contributed by atoms with van der Waals surface area (Å²) in [4.78, 5) is 25.7. The first kappa shape index (κ1) is 20.6. The van der Waals surface area contributed by atoms with Gasteiger partial charge in [0.05, 0.1) is 11.6 Å². The predicted octanol–water partition coefficient (Wildman–Crippen LogP) is 4.88. The Labute approximate surface area is 190 Å². The molecular weight excluding hydrogens is 412 g/mol. The smallest absolute Gasteiger partial charge is 0.267 e. The third-order valence-corrected chi connectivity index (χ3v) is 5.69. The first-order valence-corrected chi connectivity index (χ1v) is 10.9. The van der Waals surface area contributed by atoms with Gasteiger partial charge in [-0.3, -0.25) is 9.59 Å². The van der Waals surface area contributed by atoms with Gasteiger partial charge in [-0.15, -0.1) is 0 Å². The highest BCUT2D eigenvalue weighted by molar-refractivity contribution is 6.13. The van der Waals surface area contributed by atoms with E-state index >= 15 is 0 Å². The molecule has 0 atom stereocenters. The van der Waals surface area contributed by atoms with Gasteiger partial charge >= 0.3 is 0 Å². The maximum absolute atomic E-state index is 13.0. The van der Waals surface area contributed by atoms with E-state index in [9.17, 15) is 9.59 Å². The number of aryl methyl sites for hydroxylation is 1. The number of hydrogen-bond acceptors (Lipinski definition) is 4. The quantitative estimate of drug-likeness (QED) is 0.243. The molecule has 0 aliphatic rings. The zero-order valence-corrected chi connectivity index (χ0v) is 18.2. The van der Waals surface area contributed by atoms with Crippen LogP contribution in [0.3, 0.4) is 0 Å². The molecule has 0 bridgehead atoms. The van der Waals surface area contributed by atoms with Crippen LogP contribution in [0.25, 0.3) is 32.3 Å². The summed E-state index contributed by atoms with van der Waals surface area (Å²) in [5, 5.41) is 13.9. The molecule has 0 spiro atoms. The van der Waals surface area contributed by atoms with Crippen molar-refractivity contribution in [1.82, 2.24) is 15.2 Å². The average Bonchev–Trinajstić information content (AvgIpc) is 2.85. The van der Waals surface area contributed by atoms with Crippen LogP contribution in [0.5, 0.6) is 0 Å². The van der Waals surface area contributed by atoms with Crippen molar-refractivity contribution < 1.29 is 4.79 Å². The van der Waals surface area contributed by atoms with Gasteiger partial charge in [-0.25, -0.2) is 10.1 Å². The van der Waals surface area contributed by atoms with Gasteiger partial charge < -0.3 is 0 Å². The van der Waals surface area contributed by atoms with Crippen molar-refractivity contribution in [2.75, 3.05) is 0 Å². The molecule has 6 heteroatoms. The van der Waals surface area contributed by atoms with Crippen LogP contribution in [-0.4, -0.2) is 21.9 Å². The number of benzene rings is 4. The number of amides is 1. The largest absolute Gasteiger partial charge is 0.292 e. The second kappa shape index (κ2) is 8.67. The highest BCUT2D eigenvalue weighted by atomic mass is 16.2. The number of hydrogen-bond donors (Lipinski definition) is 1. The third kappa shape index (κ3) is 3.76. The molecule has 4 aromatic carbocycles. The van der Waals surface area contributed by atoms with Crippen LogP contribution in [0.4, 0.5) is 0 Å². The topological polar surface area (TPSA) is 76.3 Å². The van der Waals surface area contributed by atoms with Gasteiger partial charge in [-0.2, -0.15) is 10.2 Å². The molecule has 1 amide bonds. The fraction of sp³-hybridized carbons (Fsp3) is 0.111. The van der Waals surface area contributed by atoms with Gasteiger partial charge in [-0.05, 0) is 40.1 Å². The lowest BCUT2D eigenvalue weighted by Crippen LogP contribution is -2.29. The van der Waals surface area contributed by atoms with Gasteiger partial charge in [-0.1, -0.05) is 73.7 Å². The molecule has 0 aliphatic heterocycles. The van der Waals surface area contributed by atoms with E-state index in [1.165, 1.54) is 4.68 Å². The monoisotopic (exact) mass is 434 g/mol. The number of carbonyl (C=O) groups is 1. The second-order valence-corrected chi connectivity index (χ2v) is 7.85. The summed E-state index contributed by atoms with van der Waals surface area (Å²) in [5.41, 5.74) is 3.52. The van der Waals surface area contributed by atoms with Crippen LogP contribution in [0.1, 0.15) is 29.4 Å². The van der Waals surface area contributed by atoms with Crippen molar-refractivity contribution >= 4 is 44.4 Å². The summed E-state index contributed by atoms with van der Waals surface area (Å²) in [6.45, 7) is 2.40. The second-order valence-electron chi connectivity index (χ2n) is 7.85. The molecule has 1 N–H and O–H groups in total. The molecule has 0 radical (unpaired) electrons. The normalized spacial score (nSPS) is 11.5. The van der Waals surface area contributed by atoms with Gasteiger partial charge in [0.25, 0.3) is 11.5 Å². The van der Waals surface area contributed by atoms with E-state index in [0.717, 1.165) is 33.5 Å². The van der Waals surface area contributed by atoms with E-state index in [0.29, 0.717) is 17.3 Å². The highest BCUT2D eigenvalue weighted by Crippen LogP contribution is 2.27. The van der Waals surface area contributed by atoms with Crippen molar-refractivity contribution in [2.24, 2.45) is 5.10 Å². The number of nitrogens with zero attached hydrogens (tertiary/aromatic N) is 3. The maximum Gasteiger partial charge on any atom is 0.292 e. The van der Waals surface area contributed by atoms with Crippen LogP contribution in [0.2, 0.25) is 0 Å². The van der Waals surface area contributed by atoms with Gasteiger partial charge in [0.1, 0.15) is 0 Å². The Morgan fingerprint density at radius 1 is 0.909 bits per heavy atom. The van der Waals surface area contributed by atoms with E-state index in [1.54, 1.807) is 30.5 Å². The minimum Gasteiger partial charge on any atom is -0.267 e. The molecular formula is C27H22N4O2. The van der Waals surface area contributed by atoms with Crippen molar-refractivity contribution in [3.63, 3.8) is 0 Å². The number of fused-ring (bicyclic) bond motifs is 3. The minimum atomic E-state index is -0.461. The Morgan fingerprint density at radius 3 is 2.12 bits per heavy atom. The average molecular weight is 434 g/mol. The SMILES string of the molecule is CCCn1nc(C(=O)N/N=C/c2c3ccccc3cc3ccccc23)c2ccccc2c1=O. The van der Waals surface area contributed by atoms with Crippen molar-refractivity contribution in [1.29, 1.82) is 0 Å². The molecule has 0 saturated heterocycles. The number of rotatable bonds is 5. The van der Waals surface area contributed by atoms with E-state index in [4.69, 9.17) is 0 Å². The van der Waals surface area contributed by atoms with Crippen LogP contribution >= 0.6 is 0 Å². The summed E-state index contributed by atoms with van der Waals surface area (Å²) in [6.07, 6.45) is 2.41. The maximum atomic E-state index is 13.0. The third-order valence-electron chi connectivity index (χ3n) is 5.69. The van der Waals surface area contributed by atoms with Gasteiger partial charge in [0.2, 0.25) is 0 Å². The van der Waals surface area contributed by atoms with Crippen molar-refractivity contribution in [3.05, 3.63) is 100 Å². The molecule has 0 fully saturated rings. The Morgan fingerprint density at radius 2 is 1.48 bits per heavy atom. The first-order valence-electron chi connectivity index (χ1n) is 10.9. The molecule has 33 heavy (non-hydrogen) atoms. The van der Waals surface area contributed by atoms with Crippen LogP contribution in [-0.2, 0) is 6.54 Å². The molecule has 0 aliphatic carbocycles. The summed E-state index contributed by atoms with van der Waals surface area (Å²) in [6, 6.07) is 25.3. The van der Waals surface area contributed by atoms with Gasteiger partial charge in [0.15, 0.2) is 5.69 Å². The minimum absolute atomic E-state index is 0.179. The van der Waals surface area contributed by atoms with E-state index < -0.39 is 5.91 Å². The number of aromatic nitrogens is 2. The van der Waals surface area contributed by atoms with Gasteiger partial charge in [0, 0.05) is 17.5 Å². The molecule has 0 unspecified atom stereocenters. The number of hydrazone groups is 1. The molecule has 6 nitrogen and oxygen atoms in total. The molecule has 5 aromatic rings. The summed E-state index contributed by atoms with van der Waals surface area (Å²) >= 11 is 0. The van der Waals surface area contributed by atoms with Crippen LogP contribution in [0.15, 0.2) is 88.8 Å². The van der Waals surface area contributed by atoms with Crippen molar-refractivity contribution in [3.8, 4) is 0 Å². The molecule has 5 rings (SSSR count). The fourth-order valence-corrected chi connectivity index (χ4v) is 4.16. The van der Waals surface area contributed by atoms with Crippen molar-refractivity contribution in [2.45, 2.75) is 19.9 Å².